The van der Waals surface area contributed by atoms with Gasteiger partial charge in [0, 0.05) is 17.1 Å². The van der Waals surface area contributed by atoms with Gasteiger partial charge in [0.25, 0.3) is 5.91 Å². The summed E-state index contributed by atoms with van der Waals surface area (Å²) in [6.07, 6.45) is 4.07. The maximum absolute atomic E-state index is 12.5. The first-order valence-electron chi connectivity index (χ1n) is 6.81. The Kier molecular flexibility index (Phi) is 4.83. The maximum atomic E-state index is 12.5. The lowest BCUT2D eigenvalue weighted by Gasteiger charge is -2.28. The molecule has 19 heavy (non-hydrogen) atoms. The summed E-state index contributed by atoms with van der Waals surface area (Å²) in [5.41, 5.74) is 1.57. The van der Waals surface area contributed by atoms with Crippen molar-refractivity contribution in [2.45, 2.75) is 38.6 Å². The van der Waals surface area contributed by atoms with Crippen molar-refractivity contribution < 1.29 is 9.90 Å². The SMILES string of the molecule is Cc1ccc(C(=O)N2CCCCCC2CO)cc1Cl. The van der Waals surface area contributed by atoms with Crippen molar-refractivity contribution in [2.24, 2.45) is 0 Å². The van der Waals surface area contributed by atoms with Crippen LogP contribution in [0.25, 0.3) is 0 Å². The zero-order chi connectivity index (χ0) is 13.8. The normalized spacial score (nSPS) is 20.2. The molecule has 1 N–H and O–H groups in total. The zero-order valence-corrected chi connectivity index (χ0v) is 12.0. The second-order valence-electron chi connectivity index (χ2n) is 5.15. The third-order valence-corrected chi connectivity index (χ3v) is 4.17. The Bertz CT molecular complexity index is 461. The van der Waals surface area contributed by atoms with Gasteiger partial charge in [-0.15, -0.1) is 0 Å². The number of benzene rings is 1. The number of aryl methyl sites for hydroxylation is 1. The van der Waals surface area contributed by atoms with Crippen LogP contribution in [0.3, 0.4) is 0 Å². The van der Waals surface area contributed by atoms with Gasteiger partial charge in [0.2, 0.25) is 0 Å². The van der Waals surface area contributed by atoms with Gasteiger partial charge in [-0.1, -0.05) is 30.5 Å². The first-order chi connectivity index (χ1) is 9.13. The highest BCUT2D eigenvalue weighted by atomic mass is 35.5. The number of rotatable bonds is 2. The average molecular weight is 282 g/mol. The van der Waals surface area contributed by atoms with E-state index in [9.17, 15) is 9.90 Å². The van der Waals surface area contributed by atoms with Gasteiger partial charge in [-0.3, -0.25) is 4.79 Å². The highest BCUT2D eigenvalue weighted by Gasteiger charge is 2.25. The molecule has 2 rings (SSSR count). The van der Waals surface area contributed by atoms with Gasteiger partial charge in [0.1, 0.15) is 0 Å². The lowest BCUT2D eigenvalue weighted by atomic mass is 10.1. The molecule has 1 saturated heterocycles. The fourth-order valence-electron chi connectivity index (χ4n) is 2.53. The van der Waals surface area contributed by atoms with Gasteiger partial charge >= 0.3 is 0 Å². The average Bonchev–Trinajstić information content (AvgIpc) is 2.66. The summed E-state index contributed by atoms with van der Waals surface area (Å²) in [6, 6.07) is 5.33. The van der Waals surface area contributed by atoms with Crippen LogP contribution < -0.4 is 0 Å². The maximum Gasteiger partial charge on any atom is 0.254 e. The van der Waals surface area contributed by atoms with Gasteiger partial charge < -0.3 is 10.0 Å². The predicted molar refractivity (Wildman–Crippen MR) is 76.6 cm³/mol. The summed E-state index contributed by atoms with van der Waals surface area (Å²) in [6.45, 7) is 2.67. The van der Waals surface area contributed by atoms with Crippen LogP contribution >= 0.6 is 11.6 Å². The molecular formula is C15H20ClNO2. The van der Waals surface area contributed by atoms with Crippen molar-refractivity contribution in [1.29, 1.82) is 0 Å². The second kappa shape index (κ2) is 6.40. The molecule has 0 aromatic heterocycles. The van der Waals surface area contributed by atoms with E-state index in [4.69, 9.17) is 11.6 Å². The first kappa shape index (κ1) is 14.4. The largest absolute Gasteiger partial charge is 0.394 e. The Labute approximate surface area is 119 Å². The van der Waals surface area contributed by atoms with Crippen molar-refractivity contribution in [3.05, 3.63) is 34.3 Å². The van der Waals surface area contributed by atoms with Crippen molar-refractivity contribution in [3.8, 4) is 0 Å². The molecule has 1 amide bonds. The van der Waals surface area contributed by atoms with Gasteiger partial charge in [-0.25, -0.2) is 0 Å². The first-order valence-corrected chi connectivity index (χ1v) is 7.19. The Morgan fingerprint density at radius 1 is 1.42 bits per heavy atom. The molecule has 1 heterocycles. The number of carbonyl (C=O) groups is 1. The quantitative estimate of drug-likeness (QED) is 0.905. The number of nitrogens with zero attached hydrogens (tertiary/aromatic N) is 1. The van der Waals surface area contributed by atoms with Crippen molar-refractivity contribution in [1.82, 2.24) is 4.90 Å². The summed E-state index contributed by atoms with van der Waals surface area (Å²) < 4.78 is 0. The van der Waals surface area contributed by atoms with Crippen molar-refractivity contribution in [2.75, 3.05) is 13.2 Å². The molecule has 1 aromatic carbocycles. The number of halogens is 1. The van der Waals surface area contributed by atoms with Crippen molar-refractivity contribution in [3.63, 3.8) is 0 Å². The molecule has 3 nitrogen and oxygen atoms in total. The number of aliphatic hydroxyl groups is 1. The number of amides is 1. The molecule has 104 valence electrons. The molecule has 0 aliphatic carbocycles. The fourth-order valence-corrected chi connectivity index (χ4v) is 2.71. The Morgan fingerprint density at radius 3 is 2.89 bits per heavy atom. The van der Waals surface area contributed by atoms with Crippen molar-refractivity contribution >= 4 is 17.5 Å². The Morgan fingerprint density at radius 2 is 2.21 bits per heavy atom. The number of hydrogen-bond donors (Lipinski definition) is 1. The standard InChI is InChI=1S/C15H20ClNO2/c1-11-6-7-12(9-14(11)16)15(19)17-8-4-2-3-5-13(17)10-18/h6-7,9,13,18H,2-5,8,10H2,1H3. The summed E-state index contributed by atoms with van der Waals surface area (Å²) >= 11 is 6.08. The summed E-state index contributed by atoms with van der Waals surface area (Å²) in [7, 11) is 0. The van der Waals surface area contributed by atoms with Crippen LogP contribution in [-0.2, 0) is 0 Å². The molecule has 0 saturated carbocycles. The Balaban J connectivity index is 2.22. The predicted octanol–water partition coefficient (Wildman–Crippen LogP) is 3.03. The highest BCUT2D eigenvalue weighted by molar-refractivity contribution is 6.31. The minimum absolute atomic E-state index is 0.0251. The molecule has 1 aliphatic heterocycles. The lowest BCUT2D eigenvalue weighted by Crippen LogP contribution is -2.42. The van der Waals surface area contributed by atoms with E-state index in [2.05, 4.69) is 0 Å². The topological polar surface area (TPSA) is 40.5 Å². The smallest absolute Gasteiger partial charge is 0.254 e. The van der Waals surface area contributed by atoms with Crippen LogP contribution in [-0.4, -0.2) is 35.1 Å². The summed E-state index contributed by atoms with van der Waals surface area (Å²) in [4.78, 5) is 14.3. The van der Waals surface area contributed by atoms with Crippen LogP contribution in [0, 0.1) is 6.92 Å². The van der Waals surface area contributed by atoms with E-state index in [1.807, 2.05) is 19.1 Å². The van der Waals surface area contributed by atoms with Gasteiger partial charge in [-0.2, -0.15) is 0 Å². The van der Waals surface area contributed by atoms with E-state index in [-0.39, 0.29) is 18.6 Å². The van der Waals surface area contributed by atoms with Gasteiger partial charge in [-0.05, 0) is 37.5 Å². The molecule has 1 aliphatic rings. The third kappa shape index (κ3) is 3.28. The van der Waals surface area contributed by atoms with E-state index >= 15 is 0 Å². The Hall–Kier alpha value is -1.06. The van der Waals surface area contributed by atoms with E-state index in [1.54, 1.807) is 11.0 Å². The van der Waals surface area contributed by atoms with Crippen LogP contribution in [0.4, 0.5) is 0 Å². The molecule has 1 aromatic rings. The highest BCUT2D eigenvalue weighted by Crippen LogP contribution is 2.22. The number of likely N-dealkylation sites (tertiary alicyclic amines) is 1. The zero-order valence-electron chi connectivity index (χ0n) is 11.2. The van der Waals surface area contributed by atoms with Crippen LogP contribution in [0.5, 0.6) is 0 Å². The van der Waals surface area contributed by atoms with E-state index in [1.165, 1.54) is 0 Å². The fraction of sp³-hybridized carbons (Fsp3) is 0.533. The van der Waals surface area contributed by atoms with Gasteiger partial charge in [0.15, 0.2) is 0 Å². The minimum Gasteiger partial charge on any atom is -0.394 e. The number of aliphatic hydroxyl groups excluding tert-OH is 1. The molecule has 1 unspecified atom stereocenters. The van der Waals surface area contributed by atoms with E-state index in [0.29, 0.717) is 10.6 Å². The third-order valence-electron chi connectivity index (χ3n) is 3.77. The second-order valence-corrected chi connectivity index (χ2v) is 5.56. The number of carbonyl (C=O) groups excluding carboxylic acids is 1. The van der Waals surface area contributed by atoms with Crippen LogP contribution in [0.1, 0.15) is 41.6 Å². The number of hydrogen-bond acceptors (Lipinski definition) is 2. The molecule has 4 heteroatoms. The molecular weight excluding hydrogens is 262 g/mol. The summed E-state index contributed by atoms with van der Waals surface area (Å²) in [5.74, 6) is -0.0251. The monoisotopic (exact) mass is 281 g/mol. The molecule has 0 bridgehead atoms. The molecule has 1 atom stereocenters. The van der Waals surface area contributed by atoms with E-state index < -0.39 is 0 Å². The van der Waals surface area contributed by atoms with E-state index in [0.717, 1.165) is 37.8 Å². The minimum atomic E-state index is -0.0601. The van der Waals surface area contributed by atoms with Crippen LogP contribution in [0.15, 0.2) is 18.2 Å². The lowest BCUT2D eigenvalue weighted by molar-refractivity contribution is 0.0600. The van der Waals surface area contributed by atoms with Crippen LogP contribution in [0.2, 0.25) is 5.02 Å². The molecule has 1 fully saturated rings. The summed E-state index contributed by atoms with van der Waals surface area (Å²) in [5, 5.41) is 10.1. The molecule has 0 radical (unpaired) electrons. The van der Waals surface area contributed by atoms with Gasteiger partial charge in [0.05, 0.1) is 12.6 Å². The molecule has 0 spiro atoms.